The van der Waals surface area contributed by atoms with Crippen molar-refractivity contribution in [3.63, 3.8) is 0 Å². The third kappa shape index (κ3) is 8.15. The van der Waals surface area contributed by atoms with Crippen LogP contribution in [-0.2, 0) is 26.2 Å². The zero-order valence-corrected chi connectivity index (χ0v) is 25.8. The molecule has 220 valence electrons. The first-order valence-electron chi connectivity index (χ1n) is 13.3. The number of sulfonamides is 1. The molecule has 0 fully saturated rings. The van der Waals surface area contributed by atoms with Crippen LogP contribution in [0.25, 0.3) is 0 Å². The number of para-hydroxylation sites is 1. The lowest BCUT2D eigenvalue weighted by Gasteiger charge is -2.34. The van der Waals surface area contributed by atoms with Crippen molar-refractivity contribution in [2.75, 3.05) is 17.5 Å². The van der Waals surface area contributed by atoms with E-state index in [1.165, 1.54) is 17.0 Å². The minimum absolute atomic E-state index is 0.0112. The summed E-state index contributed by atoms with van der Waals surface area (Å²) in [6, 6.07) is 18.3. The molecule has 3 rings (SSSR count). The number of carbonyl (C=O) groups excluding carboxylic acids is 2. The molecule has 41 heavy (non-hydrogen) atoms. The summed E-state index contributed by atoms with van der Waals surface area (Å²) < 4.78 is 34.4. The fourth-order valence-electron chi connectivity index (χ4n) is 4.28. The van der Waals surface area contributed by atoms with Gasteiger partial charge in [0.25, 0.3) is 10.0 Å². The lowest BCUT2D eigenvalue weighted by atomic mass is 10.1. The summed E-state index contributed by atoms with van der Waals surface area (Å²) in [6.07, 6.45) is 0.281. The molecule has 3 aromatic rings. The largest absolute Gasteiger partial charge is 0.494 e. The third-order valence-corrected chi connectivity index (χ3v) is 8.75. The van der Waals surface area contributed by atoms with E-state index in [9.17, 15) is 18.0 Å². The molecule has 8 nitrogen and oxygen atoms in total. The molecule has 1 unspecified atom stereocenters. The minimum Gasteiger partial charge on any atom is -0.494 e. The van der Waals surface area contributed by atoms with Gasteiger partial charge >= 0.3 is 0 Å². The monoisotopic (exact) mass is 619 g/mol. The Bertz CT molecular complexity index is 1410. The Morgan fingerprint density at radius 3 is 2.05 bits per heavy atom. The molecule has 0 saturated carbocycles. The number of amides is 2. The fourth-order valence-corrected chi connectivity index (χ4v) is 6.21. The molecule has 0 heterocycles. The molecular formula is C30H35Cl2N3O5S. The molecule has 0 aromatic heterocycles. The summed E-state index contributed by atoms with van der Waals surface area (Å²) in [5.41, 5.74) is 0.755. The normalized spacial score (nSPS) is 12.1. The second-order valence-corrected chi connectivity index (χ2v) is 12.2. The van der Waals surface area contributed by atoms with Gasteiger partial charge in [-0.2, -0.15) is 0 Å². The van der Waals surface area contributed by atoms with E-state index in [0.29, 0.717) is 33.7 Å². The number of benzene rings is 3. The van der Waals surface area contributed by atoms with E-state index in [0.717, 1.165) is 4.31 Å². The molecule has 1 N–H and O–H groups in total. The van der Waals surface area contributed by atoms with Crippen molar-refractivity contribution < 1.29 is 22.7 Å². The maximum absolute atomic E-state index is 14.1. The molecule has 11 heteroatoms. The van der Waals surface area contributed by atoms with Gasteiger partial charge in [0, 0.05) is 28.2 Å². The number of nitrogens with one attached hydrogen (secondary N) is 1. The zero-order chi connectivity index (χ0) is 30.2. The maximum Gasteiger partial charge on any atom is 0.264 e. The van der Waals surface area contributed by atoms with Crippen LogP contribution in [0.2, 0.25) is 10.0 Å². The second-order valence-electron chi connectivity index (χ2n) is 9.56. The average molecular weight is 621 g/mol. The van der Waals surface area contributed by atoms with Crippen LogP contribution in [0.1, 0.15) is 39.7 Å². The number of hydrogen-bond donors (Lipinski definition) is 1. The van der Waals surface area contributed by atoms with Crippen molar-refractivity contribution in [2.24, 2.45) is 0 Å². The van der Waals surface area contributed by atoms with Crippen molar-refractivity contribution in [3.8, 4) is 5.75 Å². The van der Waals surface area contributed by atoms with Gasteiger partial charge in [0.15, 0.2) is 0 Å². The zero-order valence-electron chi connectivity index (χ0n) is 23.5. The molecule has 0 aliphatic carbocycles. The Balaban J connectivity index is 2.07. The average Bonchev–Trinajstić information content (AvgIpc) is 2.93. The van der Waals surface area contributed by atoms with E-state index >= 15 is 0 Å². The lowest BCUT2D eigenvalue weighted by Crippen LogP contribution is -2.53. The van der Waals surface area contributed by atoms with Gasteiger partial charge in [0.2, 0.25) is 11.8 Å². The highest BCUT2D eigenvalue weighted by atomic mass is 35.5. The van der Waals surface area contributed by atoms with E-state index < -0.39 is 28.5 Å². The van der Waals surface area contributed by atoms with Gasteiger partial charge in [-0.25, -0.2) is 8.42 Å². The molecule has 0 aliphatic heterocycles. The lowest BCUT2D eigenvalue weighted by molar-refractivity contribution is -0.140. The van der Waals surface area contributed by atoms with Gasteiger partial charge in [-0.3, -0.25) is 13.9 Å². The van der Waals surface area contributed by atoms with Gasteiger partial charge in [-0.15, -0.1) is 0 Å². The third-order valence-electron chi connectivity index (χ3n) is 6.25. The predicted molar refractivity (Wildman–Crippen MR) is 163 cm³/mol. The molecular weight excluding hydrogens is 585 g/mol. The molecule has 0 aliphatic rings. The molecule has 1 atom stereocenters. The Labute approximate surface area is 252 Å². The number of ether oxygens (including phenoxy) is 1. The highest BCUT2D eigenvalue weighted by molar-refractivity contribution is 7.92. The number of rotatable bonds is 13. The van der Waals surface area contributed by atoms with Crippen molar-refractivity contribution in [2.45, 2.75) is 57.6 Å². The summed E-state index contributed by atoms with van der Waals surface area (Å²) in [5, 5.41) is 3.52. The number of halogens is 2. The summed E-state index contributed by atoms with van der Waals surface area (Å²) >= 11 is 12.9. The van der Waals surface area contributed by atoms with Gasteiger partial charge in [-0.1, -0.05) is 54.4 Å². The molecule has 3 aromatic carbocycles. The maximum atomic E-state index is 14.1. The second kappa shape index (κ2) is 14.6. The van der Waals surface area contributed by atoms with Crippen LogP contribution in [0.15, 0.2) is 77.7 Å². The summed E-state index contributed by atoms with van der Waals surface area (Å²) in [7, 11) is -4.20. The van der Waals surface area contributed by atoms with Crippen LogP contribution in [0.3, 0.4) is 0 Å². The molecule has 0 radical (unpaired) electrons. The molecule has 2 amide bonds. The summed E-state index contributed by atoms with van der Waals surface area (Å²) in [4.78, 5) is 28.7. The Kier molecular flexibility index (Phi) is 11.5. The number of hydrogen-bond acceptors (Lipinski definition) is 5. The topological polar surface area (TPSA) is 96.0 Å². The van der Waals surface area contributed by atoms with E-state index in [1.807, 2.05) is 20.8 Å². The highest BCUT2D eigenvalue weighted by Gasteiger charge is 2.34. The smallest absolute Gasteiger partial charge is 0.264 e. The Morgan fingerprint density at radius 1 is 0.902 bits per heavy atom. The first-order valence-corrected chi connectivity index (χ1v) is 15.5. The Hall–Kier alpha value is -3.27. The first-order chi connectivity index (χ1) is 19.5. The SMILES string of the molecule is CCOc1ccc(S(=O)(=O)N(CC(=O)N(Cc2c(Cl)cccc2Cl)C(CC)C(=O)NC(C)C)c2ccccc2)cc1. The number of nitrogens with zero attached hydrogens (tertiary/aromatic N) is 2. The van der Waals surface area contributed by atoms with E-state index in [1.54, 1.807) is 67.6 Å². The molecule has 0 spiro atoms. The number of carbonyl (C=O) groups is 2. The fraction of sp³-hybridized carbons (Fsp3) is 0.333. The van der Waals surface area contributed by atoms with Crippen molar-refractivity contribution in [3.05, 3.63) is 88.4 Å². The van der Waals surface area contributed by atoms with Crippen LogP contribution in [0, 0.1) is 0 Å². The van der Waals surface area contributed by atoms with Gasteiger partial charge < -0.3 is 15.0 Å². The van der Waals surface area contributed by atoms with Crippen molar-refractivity contribution in [1.29, 1.82) is 0 Å². The van der Waals surface area contributed by atoms with Crippen molar-refractivity contribution >= 4 is 50.7 Å². The van der Waals surface area contributed by atoms with Crippen LogP contribution >= 0.6 is 23.2 Å². The summed E-state index contributed by atoms with van der Waals surface area (Å²) in [6.45, 7) is 7.04. The highest BCUT2D eigenvalue weighted by Crippen LogP contribution is 2.29. The van der Waals surface area contributed by atoms with Gasteiger partial charge in [0.05, 0.1) is 17.2 Å². The quantitative estimate of drug-likeness (QED) is 0.256. The number of anilines is 1. The summed E-state index contributed by atoms with van der Waals surface area (Å²) in [5.74, 6) is -0.428. The van der Waals surface area contributed by atoms with E-state index in [-0.39, 0.29) is 29.8 Å². The van der Waals surface area contributed by atoms with Crippen LogP contribution < -0.4 is 14.4 Å². The van der Waals surface area contributed by atoms with Gasteiger partial charge in [-0.05, 0) is 75.7 Å². The standard InChI is InChI=1S/C30H35Cl2N3O5S/c1-5-28(30(37)33-21(3)4)34(19-25-26(31)13-10-14-27(25)32)29(36)20-35(22-11-8-7-9-12-22)41(38,39)24-17-15-23(16-18-24)40-6-2/h7-18,21,28H,5-6,19-20H2,1-4H3,(H,33,37). The molecule has 0 bridgehead atoms. The van der Waals surface area contributed by atoms with Crippen LogP contribution in [0.5, 0.6) is 5.75 Å². The van der Waals surface area contributed by atoms with Crippen LogP contribution in [0.4, 0.5) is 5.69 Å². The van der Waals surface area contributed by atoms with Crippen molar-refractivity contribution in [1.82, 2.24) is 10.2 Å². The van der Waals surface area contributed by atoms with Gasteiger partial charge in [0.1, 0.15) is 18.3 Å². The molecule has 0 saturated heterocycles. The Morgan fingerprint density at radius 2 is 1.51 bits per heavy atom. The predicted octanol–water partition coefficient (Wildman–Crippen LogP) is 5.92. The minimum atomic E-state index is -4.20. The van der Waals surface area contributed by atoms with E-state index in [2.05, 4.69) is 5.32 Å². The first kappa shape index (κ1) is 32.2. The van der Waals surface area contributed by atoms with E-state index in [4.69, 9.17) is 27.9 Å². The van der Waals surface area contributed by atoms with Crippen LogP contribution in [-0.4, -0.2) is 50.4 Å².